The van der Waals surface area contributed by atoms with Gasteiger partial charge in [-0.15, -0.1) is 0 Å². The molecule has 0 saturated carbocycles. The second-order valence-corrected chi connectivity index (χ2v) is 8.55. The van der Waals surface area contributed by atoms with Gasteiger partial charge in [0.1, 0.15) is 0 Å². The maximum atomic E-state index is 12.7. The van der Waals surface area contributed by atoms with Crippen LogP contribution in [0.5, 0.6) is 0 Å². The number of anilines is 2. The molecule has 3 aromatic rings. The highest BCUT2D eigenvalue weighted by atomic mass is 35.5. The molecule has 0 spiro atoms. The molecular formula is C20H16Cl2N2O3S. The lowest BCUT2D eigenvalue weighted by Crippen LogP contribution is -2.16. The summed E-state index contributed by atoms with van der Waals surface area (Å²) in [6.45, 7) is 1.80. The average Bonchev–Trinajstić information content (AvgIpc) is 2.66. The van der Waals surface area contributed by atoms with Gasteiger partial charge in [0.05, 0.1) is 21.3 Å². The van der Waals surface area contributed by atoms with E-state index in [9.17, 15) is 13.2 Å². The van der Waals surface area contributed by atoms with Gasteiger partial charge in [-0.25, -0.2) is 8.42 Å². The minimum atomic E-state index is -3.86. The maximum absolute atomic E-state index is 12.7. The standard InChI is InChI=1S/C20H16Cl2N2O3S/c1-13-5-2-3-8-18(13)24-28(26,27)16-7-4-6-14(11-16)20(25)23-19-12-15(21)9-10-17(19)22/h2-12,24H,1H3,(H,23,25). The number of hydrogen-bond donors (Lipinski definition) is 2. The van der Waals surface area contributed by atoms with Gasteiger partial charge in [-0.05, 0) is 55.0 Å². The first kappa shape index (κ1) is 20.2. The molecule has 0 heterocycles. The highest BCUT2D eigenvalue weighted by Gasteiger charge is 2.18. The molecule has 1 amide bonds. The highest BCUT2D eigenvalue weighted by Crippen LogP contribution is 2.26. The Bertz CT molecular complexity index is 1150. The van der Waals surface area contributed by atoms with Gasteiger partial charge >= 0.3 is 0 Å². The third-order valence-electron chi connectivity index (χ3n) is 3.97. The molecule has 0 aliphatic heterocycles. The van der Waals surface area contributed by atoms with E-state index in [1.807, 2.05) is 6.07 Å². The van der Waals surface area contributed by atoms with E-state index in [0.717, 1.165) is 5.56 Å². The van der Waals surface area contributed by atoms with Crippen molar-refractivity contribution in [2.45, 2.75) is 11.8 Å². The molecule has 0 aliphatic rings. The predicted octanol–water partition coefficient (Wildman–Crippen LogP) is 5.35. The Morgan fingerprint density at radius 2 is 1.64 bits per heavy atom. The molecule has 28 heavy (non-hydrogen) atoms. The van der Waals surface area contributed by atoms with E-state index in [0.29, 0.717) is 21.4 Å². The lowest BCUT2D eigenvalue weighted by Gasteiger charge is -2.12. The van der Waals surface area contributed by atoms with Crippen LogP contribution in [-0.2, 0) is 10.0 Å². The Balaban J connectivity index is 1.86. The van der Waals surface area contributed by atoms with E-state index in [4.69, 9.17) is 23.2 Å². The van der Waals surface area contributed by atoms with Crippen molar-refractivity contribution in [3.63, 3.8) is 0 Å². The first-order valence-corrected chi connectivity index (χ1v) is 10.4. The summed E-state index contributed by atoms with van der Waals surface area (Å²) < 4.78 is 27.9. The van der Waals surface area contributed by atoms with Gasteiger partial charge in [0.25, 0.3) is 15.9 Å². The van der Waals surface area contributed by atoms with Crippen LogP contribution in [0.15, 0.2) is 71.6 Å². The fourth-order valence-corrected chi connectivity index (χ4v) is 4.00. The van der Waals surface area contributed by atoms with Crippen LogP contribution in [0.4, 0.5) is 11.4 Å². The van der Waals surface area contributed by atoms with Crippen molar-refractivity contribution in [1.82, 2.24) is 0 Å². The fraction of sp³-hybridized carbons (Fsp3) is 0.0500. The van der Waals surface area contributed by atoms with E-state index in [1.165, 1.54) is 30.3 Å². The summed E-state index contributed by atoms with van der Waals surface area (Å²) >= 11 is 12.0. The zero-order valence-corrected chi connectivity index (χ0v) is 17.1. The Labute approximate surface area is 173 Å². The summed E-state index contributed by atoms with van der Waals surface area (Å²) in [6, 6.07) is 17.4. The van der Waals surface area contributed by atoms with Crippen molar-refractivity contribution in [2.75, 3.05) is 10.0 Å². The quantitative estimate of drug-likeness (QED) is 0.567. The first-order chi connectivity index (χ1) is 13.3. The number of sulfonamides is 1. The highest BCUT2D eigenvalue weighted by molar-refractivity contribution is 7.92. The summed E-state index contributed by atoms with van der Waals surface area (Å²) in [5.74, 6) is -0.503. The smallest absolute Gasteiger partial charge is 0.261 e. The number of aryl methyl sites for hydroxylation is 1. The Kier molecular flexibility index (Phi) is 5.93. The molecule has 0 unspecified atom stereocenters. The second-order valence-electron chi connectivity index (χ2n) is 6.03. The fourth-order valence-electron chi connectivity index (χ4n) is 2.48. The molecular weight excluding hydrogens is 419 g/mol. The molecule has 0 aliphatic carbocycles. The van der Waals surface area contributed by atoms with E-state index in [-0.39, 0.29) is 10.5 Å². The molecule has 0 atom stereocenters. The summed E-state index contributed by atoms with van der Waals surface area (Å²) in [4.78, 5) is 12.5. The molecule has 0 saturated heterocycles. The molecule has 144 valence electrons. The van der Waals surface area contributed by atoms with Crippen molar-refractivity contribution in [3.05, 3.63) is 87.9 Å². The summed E-state index contributed by atoms with van der Waals surface area (Å²) in [7, 11) is -3.86. The van der Waals surface area contributed by atoms with Gasteiger partial charge < -0.3 is 5.32 Å². The van der Waals surface area contributed by atoms with Crippen LogP contribution < -0.4 is 10.0 Å². The molecule has 3 rings (SSSR count). The van der Waals surface area contributed by atoms with Crippen LogP contribution in [0.2, 0.25) is 10.0 Å². The number of carbonyl (C=O) groups excluding carboxylic acids is 1. The molecule has 5 nitrogen and oxygen atoms in total. The van der Waals surface area contributed by atoms with E-state index in [2.05, 4.69) is 10.0 Å². The summed E-state index contributed by atoms with van der Waals surface area (Å²) in [5.41, 5.74) is 1.77. The Hall–Kier alpha value is -2.54. The van der Waals surface area contributed by atoms with Crippen molar-refractivity contribution >= 4 is 50.5 Å². The minimum Gasteiger partial charge on any atom is -0.321 e. The first-order valence-electron chi connectivity index (χ1n) is 8.21. The Morgan fingerprint density at radius 3 is 2.39 bits per heavy atom. The number of halogens is 2. The molecule has 8 heteroatoms. The van der Waals surface area contributed by atoms with Crippen molar-refractivity contribution in [1.29, 1.82) is 0 Å². The van der Waals surface area contributed by atoms with E-state index in [1.54, 1.807) is 37.3 Å². The number of amides is 1. The number of hydrogen-bond acceptors (Lipinski definition) is 3. The second kappa shape index (κ2) is 8.22. The van der Waals surface area contributed by atoms with Crippen molar-refractivity contribution in [3.8, 4) is 0 Å². The lowest BCUT2D eigenvalue weighted by atomic mass is 10.2. The zero-order valence-electron chi connectivity index (χ0n) is 14.7. The number of nitrogens with one attached hydrogen (secondary N) is 2. The van der Waals surface area contributed by atoms with Gasteiger partial charge in [0, 0.05) is 10.6 Å². The normalized spacial score (nSPS) is 11.1. The van der Waals surface area contributed by atoms with Crippen LogP contribution in [-0.4, -0.2) is 14.3 Å². The largest absolute Gasteiger partial charge is 0.321 e. The molecule has 0 fully saturated rings. The van der Waals surface area contributed by atoms with Crippen molar-refractivity contribution in [2.24, 2.45) is 0 Å². The third kappa shape index (κ3) is 4.65. The van der Waals surface area contributed by atoms with Crippen LogP contribution in [0.3, 0.4) is 0 Å². The number of rotatable bonds is 5. The average molecular weight is 435 g/mol. The lowest BCUT2D eigenvalue weighted by molar-refractivity contribution is 0.102. The minimum absolute atomic E-state index is 0.0272. The summed E-state index contributed by atoms with van der Waals surface area (Å²) in [6.07, 6.45) is 0. The number of carbonyl (C=O) groups is 1. The molecule has 2 N–H and O–H groups in total. The predicted molar refractivity (Wildman–Crippen MR) is 113 cm³/mol. The van der Waals surface area contributed by atoms with Crippen LogP contribution >= 0.6 is 23.2 Å². The van der Waals surface area contributed by atoms with Gasteiger partial charge in [0.2, 0.25) is 0 Å². The SMILES string of the molecule is Cc1ccccc1NS(=O)(=O)c1cccc(C(=O)Nc2cc(Cl)ccc2Cl)c1. The molecule has 3 aromatic carbocycles. The number of benzene rings is 3. The van der Waals surface area contributed by atoms with Crippen LogP contribution in [0.25, 0.3) is 0 Å². The van der Waals surface area contributed by atoms with E-state index >= 15 is 0 Å². The summed E-state index contributed by atoms with van der Waals surface area (Å²) in [5, 5.41) is 3.37. The van der Waals surface area contributed by atoms with Crippen molar-refractivity contribution < 1.29 is 13.2 Å². The molecule has 0 aromatic heterocycles. The zero-order chi connectivity index (χ0) is 20.3. The van der Waals surface area contributed by atoms with E-state index < -0.39 is 15.9 Å². The molecule has 0 radical (unpaired) electrons. The Morgan fingerprint density at radius 1 is 0.893 bits per heavy atom. The number of para-hydroxylation sites is 1. The van der Waals surface area contributed by atoms with Gasteiger partial charge in [-0.1, -0.05) is 47.5 Å². The topological polar surface area (TPSA) is 75.3 Å². The van der Waals surface area contributed by atoms with Crippen LogP contribution in [0, 0.1) is 6.92 Å². The van der Waals surface area contributed by atoms with Gasteiger partial charge in [-0.3, -0.25) is 9.52 Å². The van der Waals surface area contributed by atoms with Gasteiger partial charge in [0.15, 0.2) is 0 Å². The third-order valence-corrected chi connectivity index (χ3v) is 5.90. The van der Waals surface area contributed by atoms with Gasteiger partial charge in [-0.2, -0.15) is 0 Å². The maximum Gasteiger partial charge on any atom is 0.261 e. The monoisotopic (exact) mass is 434 g/mol. The molecule has 0 bridgehead atoms. The van der Waals surface area contributed by atoms with Crippen LogP contribution in [0.1, 0.15) is 15.9 Å².